The molecule has 0 radical (unpaired) electrons. The molecule has 0 aliphatic heterocycles. The number of rotatable bonds is 10. The van der Waals surface area contributed by atoms with E-state index in [0.717, 1.165) is 40.6 Å². The van der Waals surface area contributed by atoms with Crippen LogP contribution in [0.25, 0.3) is 10.6 Å². The summed E-state index contributed by atoms with van der Waals surface area (Å²) < 4.78 is 5.49. The number of amides is 1. The summed E-state index contributed by atoms with van der Waals surface area (Å²) in [6.45, 7) is 4.72. The van der Waals surface area contributed by atoms with Crippen LogP contribution in [-0.2, 0) is 6.42 Å². The predicted molar refractivity (Wildman–Crippen MR) is 118 cm³/mol. The summed E-state index contributed by atoms with van der Waals surface area (Å²) in [6, 6.07) is 14.8. The highest BCUT2D eigenvalue weighted by molar-refractivity contribution is 7.14. The molecule has 0 spiro atoms. The predicted octanol–water partition coefficient (Wildman–Crippen LogP) is 5.18. The molecule has 0 aliphatic carbocycles. The van der Waals surface area contributed by atoms with E-state index in [1.807, 2.05) is 24.3 Å². The number of aryl methyl sites for hydroxylation is 1. The van der Waals surface area contributed by atoms with E-state index in [1.54, 1.807) is 41.7 Å². The second-order valence-electron chi connectivity index (χ2n) is 6.32. The topological polar surface area (TPSA) is 64.1 Å². The summed E-state index contributed by atoms with van der Waals surface area (Å²) in [5, 5.41) is 13.8. The molecule has 150 valence electrons. The van der Waals surface area contributed by atoms with E-state index < -0.39 is 0 Å². The lowest BCUT2D eigenvalue weighted by atomic mass is 10.2. The third-order valence-electron chi connectivity index (χ3n) is 4.16. The van der Waals surface area contributed by atoms with E-state index in [1.165, 1.54) is 0 Å². The minimum atomic E-state index is -0.144. The van der Waals surface area contributed by atoms with E-state index in [-0.39, 0.29) is 5.91 Å². The van der Waals surface area contributed by atoms with Gasteiger partial charge in [0.05, 0.1) is 10.6 Å². The van der Waals surface area contributed by atoms with Crippen molar-refractivity contribution < 1.29 is 9.53 Å². The van der Waals surface area contributed by atoms with Crippen LogP contribution in [0.3, 0.4) is 0 Å². The van der Waals surface area contributed by atoms with Gasteiger partial charge in [-0.2, -0.15) is 0 Å². The average molecular weight is 428 g/mol. The zero-order valence-corrected chi connectivity index (χ0v) is 17.5. The van der Waals surface area contributed by atoms with Crippen LogP contribution in [0.15, 0.2) is 61.2 Å². The summed E-state index contributed by atoms with van der Waals surface area (Å²) in [5.74, 6) is 0.659. The maximum Gasteiger partial charge on any atom is 0.252 e. The highest BCUT2D eigenvalue weighted by Gasteiger charge is 2.09. The molecule has 1 aromatic heterocycles. The van der Waals surface area contributed by atoms with E-state index >= 15 is 0 Å². The van der Waals surface area contributed by atoms with Crippen LogP contribution in [-0.4, -0.2) is 29.3 Å². The van der Waals surface area contributed by atoms with Crippen molar-refractivity contribution in [3.63, 3.8) is 0 Å². The quantitative estimate of drug-likeness (QED) is 0.358. The van der Waals surface area contributed by atoms with Gasteiger partial charge in [0.25, 0.3) is 5.91 Å². The molecule has 7 heteroatoms. The summed E-state index contributed by atoms with van der Waals surface area (Å²) >= 11 is 7.63. The molecule has 29 heavy (non-hydrogen) atoms. The van der Waals surface area contributed by atoms with E-state index in [4.69, 9.17) is 16.3 Å². The minimum Gasteiger partial charge on any atom is -0.490 e. The lowest BCUT2D eigenvalue weighted by Gasteiger charge is -2.06. The summed E-state index contributed by atoms with van der Waals surface area (Å²) in [7, 11) is 0. The van der Waals surface area contributed by atoms with Crippen LogP contribution in [0, 0.1) is 0 Å². The highest BCUT2D eigenvalue weighted by Crippen LogP contribution is 2.26. The van der Waals surface area contributed by atoms with Crippen molar-refractivity contribution in [2.45, 2.75) is 19.3 Å². The Morgan fingerprint density at radius 1 is 1.14 bits per heavy atom. The van der Waals surface area contributed by atoms with Crippen molar-refractivity contribution in [3.05, 3.63) is 76.8 Å². The molecule has 0 aliphatic rings. The SMILES string of the molecule is C=CCOc1ccc(-c2nnc(CCCCNC(=O)c3ccccc3Cl)s2)cc1. The molecule has 3 rings (SSSR count). The van der Waals surface area contributed by atoms with Crippen molar-refractivity contribution in [2.75, 3.05) is 13.2 Å². The minimum absolute atomic E-state index is 0.144. The van der Waals surface area contributed by atoms with Crippen LogP contribution < -0.4 is 10.1 Å². The van der Waals surface area contributed by atoms with Gasteiger partial charge in [-0.1, -0.05) is 47.7 Å². The number of benzene rings is 2. The largest absolute Gasteiger partial charge is 0.490 e. The normalized spacial score (nSPS) is 10.5. The Balaban J connectivity index is 1.42. The molecule has 2 aromatic carbocycles. The van der Waals surface area contributed by atoms with Gasteiger partial charge in [0.15, 0.2) is 0 Å². The van der Waals surface area contributed by atoms with Crippen molar-refractivity contribution in [2.24, 2.45) is 0 Å². The molecule has 3 aromatic rings. The average Bonchev–Trinajstić information content (AvgIpc) is 3.21. The number of halogens is 1. The van der Waals surface area contributed by atoms with Gasteiger partial charge in [0.2, 0.25) is 0 Å². The smallest absolute Gasteiger partial charge is 0.252 e. The van der Waals surface area contributed by atoms with E-state index in [9.17, 15) is 4.79 Å². The monoisotopic (exact) mass is 427 g/mol. The molecule has 0 unspecified atom stereocenters. The number of carbonyl (C=O) groups is 1. The Morgan fingerprint density at radius 3 is 2.69 bits per heavy atom. The fourth-order valence-electron chi connectivity index (χ4n) is 2.66. The Hall–Kier alpha value is -2.70. The number of aromatic nitrogens is 2. The number of ether oxygens (including phenoxy) is 1. The van der Waals surface area contributed by atoms with Crippen LogP contribution in [0.4, 0.5) is 0 Å². The second kappa shape index (κ2) is 10.7. The maximum atomic E-state index is 12.1. The van der Waals surface area contributed by atoms with Crippen LogP contribution in [0.2, 0.25) is 5.02 Å². The molecular weight excluding hydrogens is 406 g/mol. The maximum absolute atomic E-state index is 12.1. The Bertz CT molecular complexity index is 957. The summed E-state index contributed by atoms with van der Waals surface area (Å²) in [4.78, 5) is 12.1. The molecule has 1 N–H and O–H groups in total. The first kappa shape index (κ1) is 21.0. The van der Waals surface area contributed by atoms with Gasteiger partial charge >= 0.3 is 0 Å². The molecule has 1 heterocycles. The Kier molecular flexibility index (Phi) is 7.78. The van der Waals surface area contributed by atoms with E-state index in [0.29, 0.717) is 23.7 Å². The number of carbonyl (C=O) groups excluding carboxylic acids is 1. The van der Waals surface area contributed by atoms with Gasteiger partial charge < -0.3 is 10.1 Å². The molecule has 5 nitrogen and oxygen atoms in total. The van der Waals surface area contributed by atoms with Crippen LogP contribution in [0.5, 0.6) is 5.75 Å². The summed E-state index contributed by atoms with van der Waals surface area (Å²) in [5.41, 5.74) is 1.52. The van der Waals surface area contributed by atoms with Gasteiger partial charge in [-0.05, 0) is 49.2 Å². The summed E-state index contributed by atoms with van der Waals surface area (Å²) in [6.07, 6.45) is 4.33. The van der Waals surface area contributed by atoms with Crippen molar-refractivity contribution in [1.82, 2.24) is 15.5 Å². The van der Waals surface area contributed by atoms with Crippen molar-refractivity contribution in [3.8, 4) is 16.3 Å². The van der Waals surface area contributed by atoms with Gasteiger partial charge in [0.1, 0.15) is 22.4 Å². The molecule has 0 atom stereocenters. The van der Waals surface area contributed by atoms with Gasteiger partial charge in [-0.3, -0.25) is 4.79 Å². The number of hydrogen-bond donors (Lipinski definition) is 1. The molecule has 1 amide bonds. The standard InChI is InChI=1S/C22H22ClN3O2S/c1-2-15-28-17-12-10-16(11-13-17)22-26-25-20(29-22)9-5-6-14-24-21(27)18-7-3-4-8-19(18)23/h2-4,7-8,10-13H,1,5-6,9,14-15H2,(H,24,27). The fraction of sp³-hybridized carbons (Fsp3) is 0.227. The van der Waals surface area contributed by atoms with Gasteiger partial charge in [0, 0.05) is 18.5 Å². The lowest BCUT2D eigenvalue weighted by Crippen LogP contribution is -2.24. The second-order valence-corrected chi connectivity index (χ2v) is 7.79. The third kappa shape index (κ3) is 6.14. The number of nitrogens with zero attached hydrogens (tertiary/aromatic N) is 2. The molecule has 0 saturated heterocycles. The van der Waals surface area contributed by atoms with Crippen molar-refractivity contribution >= 4 is 28.8 Å². The molecule has 0 saturated carbocycles. The van der Waals surface area contributed by atoms with Gasteiger partial charge in [-0.25, -0.2) is 0 Å². The number of unbranched alkanes of at least 4 members (excludes halogenated alkanes) is 1. The van der Waals surface area contributed by atoms with Crippen LogP contribution >= 0.6 is 22.9 Å². The number of nitrogens with one attached hydrogen (secondary N) is 1. The van der Waals surface area contributed by atoms with Crippen molar-refractivity contribution in [1.29, 1.82) is 0 Å². The molecule has 0 fully saturated rings. The zero-order valence-electron chi connectivity index (χ0n) is 15.9. The van der Waals surface area contributed by atoms with Crippen LogP contribution in [0.1, 0.15) is 28.2 Å². The van der Waals surface area contributed by atoms with E-state index in [2.05, 4.69) is 22.1 Å². The lowest BCUT2D eigenvalue weighted by molar-refractivity contribution is 0.0953. The number of hydrogen-bond acceptors (Lipinski definition) is 5. The van der Waals surface area contributed by atoms with Gasteiger partial charge in [-0.15, -0.1) is 10.2 Å². The first-order valence-corrected chi connectivity index (χ1v) is 10.6. The molecule has 0 bridgehead atoms. The third-order valence-corrected chi connectivity index (χ3v) is 5.52. The Labute approximate surface area is 179 Å². The first-order valence-electron chi connectivity index (χ1n) is 9.36. The molecular formula is C22H22ClN3O2S. The highest BCUT2D eigenvalue weighted by atomic mass is 35.5. The zero-order chi connectivity index (χ0) is 20.5. The fourth-order valence-corrected chi connectivity index (χ4v) is 3.77. The first-order chi connectivity index (χ1) is 14.2. The Morgan fingerprint density at radius 2 is 1.93 bits per heavy atom.